The van der Waals surface area contributed by atoms with Gasteiger partial charge in [0.25, 0.3) is 0 Å². The van der Waals surface area contributed by atoms with E-state index in [-0.39, 0.29) is 0 Å². The monoisotopic (exact) mass is 366 g/mol. The van der Waals surface area contributed by atoms with Crippen LogP contribution in [0.4, 0.5) is 11.6 Å². The van der Waals surface area contributed by atoms with Crippen molar-refractivity contribution in [2.75, 3.05) is 36.0 Å². The second-order valence-corrected chi connectivity index (χ2v) is 8.13. The van der Waals surface area contributed by atoms with Crippen molar-refractivity contribution in [3.05, 3.63) is 35.7 Å². The molecule has 4 heterocycles. The zero-order valence-electron chi connectivity index (χ0n) is 16.7. The van der Waals surface area contributed by atoms with Gasteiger partial charge in [0, 0.05) is 49.9 Å². The second kappa shape index (κ2) is 7.79. The Bertz CT molecular complexity index is 784. The summed E-state index contributed by atoms with van der Waals surface area (Å²) in [6.45, 7) is 10.7. The highest BCUT2D eigenvalue weighted by Gasteiger charge is 2.27. The summed E-state index contributed by atoms with van der Waals surface area (Å²) >= 11 is 0. The molecule has 0 aromatic carbocycles. The zero-order chi connectivity index (χ0) is 18.8. The highest BCUT2D eigenvalue weighted by atomic mass is 15.2. The van der Waals surface area contributed by atoms with Gasteiger partial charge in [-0.3, -0.25) is 0 Å². The van der Waals surface area contributed by atoms with Crippen LogP contribution in [0.15, 0.2) is 18.6 Å². The van der Waals surface area contributed by atoms with Gasteiger partial charge in [0.2, 0.25) is 0 Å². The fourth-order valence-electron chi connectivity index (χ4n) is 4.31. The maximum atomic E-state index is 4.82. The Kier molecular flexibility index (Phi) is 5.23. The third-order valence-electron chi connectivity index (χ3n) is 5.75. The summed E-state index contributed by atoms with van der Waals surface area (Å²) in [5.74, 6) is 3.94. The van der Waals surface area contributed by atoms with Crippen LogP contribution in [0.3, 0.4) is 0 Å². The average Bonchev–Trinajstić information content (AvgIpc) is 3.22. The summed E-state index contributed by atoms with van der Waals surface area (Å²) in [5, 5.41) is 0. The predicted octanol–water partition coefficient (Wildman–Crippen LogP) is 3.68. The summed E-state index contributed by atoms with van der Waals surface area (Å²) in [6, 6.07) is 2.23. The van der Waals surface area contributed by atoms with Gasteiger partial charge in [0.1, 0.15) is 23.8 Å². The summed E-state index contributed by atoms with van der Waals surface area (Å²) in [4.78, 5) is 23.2. The quantitative estimate of drug-likeness (QED) is 0.823. The van der Waals surface area contributed by atoms with E-state index in [0.717, 1.165) is 50.1 Å². The van der Waals surface area contributed by atoms with Gasteiger partial charge in [-0.2, -0.15) is 0 Å². The van der Waals surface area contributed by atoms with Gasteiger partial charge < -0.3 is 9.80 Å². The lowest BCUT2D eigenvalue weighted by atomic mass is 9.93. The highest BCUT2D eigenvalue weighted by molar-refractivity contribution is 5.48. The Morgan fingerprint density at radius 2 is 1.81 bits per heavy atom. The van der Waals surface area contributed by atoms with Crippen LogP contribution in [0.25, 0.3) is 0 Å². The van der Waals surface area contributed by atoms with Crippen molar-refractivity contribution < 1.29 is 0 Å². The Morgan fingerprint density at radius 3 is 2.59 bits per heavy atom. The van der Waals surface area contributed by atoms with Crippen LogP contribution in [0, 0.1) is 6.92 Å². The molecule has 2 aliphatic rings. The number of aromatic nitrogens is 4. The van der Waals surface area contributed by atoms with E-state index >= 15 is 0 Å². The molecule has 2 saturated heterocycles. The molecule has 1 atom stereocenters. The summed E-state index contributed by atoms with van der Waals surface area (Å²) < 4.78 is 0. The highest BCUT2D eigenvalue weighted by Crippen LogP contribution is 2.33. The molecule has 0 N–H and O–H groups in total. The lowest BCUT2D eigenvalue weighted by Crippen LogP contribution is -2.36. The van der Waals surface area contributed by atoms with Gasteiger partial charge in [-0.15, -0.1) is 0 Å². The smallest absolute Gasteiger partial charge is 0.135 e. The van der Waals surface area contributed by atoms with Crippen molar-refractivity contribution in [1.29, 1.82) is 0 Å². The fourth-order valence-corrected chi connectivity index (χ4v) is 4.31. The van der Waals surface area contributed by atoms with Crippen LogP contribution in [-0.4, -0.2) is 46.1 Å². The number of aryl methyl sites for hydroxylation is 1. The first kappa shape index (κ1) is 18.1. The second-order valence-electron chi connectivity index (χ2n) is 8.13. The fraction of sp³-hybridized carbons (Fsp3) is 0.619. The number of hydrogen-bond acceptors (Lipinski definition) is 6. The van der Waals surface area contributed by atoms with E-state index in [1.165, 1.54) is 30.5 Å². The van der Waals surface area contributed by atoms with Crippen molar-refractivity contribution in [3.8, 4) is 0 Å². The van der Waals surface area contributed by atoms with Gasteiger partial charge in [0.15, 0.2) is 0 Å². The first-order chi connectivity index (χ1) is 13.1. The minimum absolute atomic E-state index is 0.421. The van der Waals surface area contributed by atoms with Crippen molar-refractivity contribution in [2.45, 2.75) is 58.3 Å². The molecule has 4 rings (SSSR count). The molecule has 6 heteroatoms. The maximum Gasteiger partial charge on any atom is 0.135 e. The Labute approximate surface area is 162 Å². The number of piperidine rings is 1. The molecule has 6 nitrogen and oxygen atoms in total. The van der Waals surface area contributed by atoms with Gasteiger partial charge >= 0.3 is 0 Å². The third-order valence-corrected chi connectivity index (χ3v) is 5.75. The molecule has 0 aliphatic carbocycles. The molecule has 2 aromatic rings. The summed E-state index contributed by atoms with van der Waals surface area (Å²) in [7, 11) is 0. The van der Waals surface area contributed by atoms with Crippen molar-refractivity contribution in [1.82, 2.24) is 19.9 Å². The molecule has 0 spiro atoms. The van der Waals surface area contributed by atoms with Gasteiger partial charge in [0.05, 0.1) is 5.69 Å². The van der Waals surface area contributed by atoms with Crippen molar-refractivity contribution in [2.24, 2.45) is 0 Å². The summed E-state index contributed by atoms with van der Waals surface area (Å²) in [6.07, 6.45) is 8.51. The molecular formula is C21H30N6. The van der Waals surface area contributed by atoms with Crippen LogP contribution in [-0.2, 0) is 0 Å². The van der Waals surface area contributed by atoms with E-state index in [0.29, 0.717) is 11.8 Å². The Morgan fingerprint density at radius 1 is 1.04 bits per heavy atom. The van der Waals surface area contributed by atoms with Crippen molar-refractivity contribution in [3.63, 3.8) is 0 Å². The van der Waals surface area contributed by atoms with Gasteiger partial charge in [-0.1, -0.05) is 13.8 Å². The molecule has 2 aromatic heterocycles. The molecule has 0 unspecified atom stereocenters. The molecule has 27 heavy (non-hydrogen) atoms. The number of anilines is 2. The van der Waals surface area contributed by atoms with E-state index in [4.69, 9.17) is 9.97 Å². The summed E-state index contributed by atoms with van der Waals surface area (Å²) in [5.41, 5.74) is 2.42. The lowest BCUT2D eigenvalue weighted by Gasteiger charge is -2.35. The van der Waals surface area contributed by atoms with E-state index in [1.807, 2.05) is 13.1 Å². The average molecular weight is 367 g/mol. The van der Waals surface area contributed by atoms with E-state index < -0.39 is 0 Å². The molecule has 0 saturated carbocycles. The van der Waals surface area contributed by atoms with Gasteiger partial charge in [-0.05, 0) is 38.5 Å². The van der Waals surface area contributed by atoms with Crippen LogP contribution < -0.4 is 9.80 Å². The van der Waals surface area contributed by atoms with E-state index in [1.54, 1.807) is 6.33 Å². The first-order valence-corrected chi connectivity index (χ1v) is 10.3. The Hall–Kier alpha value is -2.24. The van der Waals surface area contributed by atoms with Crippen LogP contribution >= 0.6 is 0 Å². The number of hydrogen-bond donors (Lipinski definition) is 0. The molecular weight excluding hydrogens is 336 g/mol. The molecule has 0 amide bonds. The van der Waals surface area contributed by atoms with Crippen LogP contribution in [0.5, 0.6) is 0 Å². The molecule has 144 valence electrons. The standard InChI is InChI=1S/C21H30N6/c1-15(2)18-12-22-14-23-21(18)27-10-6-7-17(13-27)19-11-20(25-16(3)24-19)26-8-4-5-9-26/h11-12,14-15,17H,4-10,13H2,1-3H3/t17-/m1/s1. The van der Waals surface area contributed by atoms with Crippen LogP contribution in [0.2, 0.25) is 0 Å². The number of nitrogens with zero attached hydrogens (tertiary/aromatic N) is 6. The Balaban J connectivity index is 1.59. The third kappa shape index (κ3) is 3.89. The SMILES string of the molecule is Cc1nc([C@@H]2CCCN(c3ncncc3C(C)C)C2)cc(N2CCCC2)n1. The maximum absolute atomic E-state index is 4.82. The largest absolute Gasteiger partial charge is 0.357 e. The normalized spacial score (nSPS) is 20.5. The molecule has 0 bridgehead atoms. The zero-order valence-corrected chi connectivity index (χ0v) is 16.7. The van der Waals surface area contributed by atoms with Gasteiger partial charge in [-0.25, -0.2) is 19.9 Å². The van der Waals surface area contributed by atoms with Crippen molar-refractivity contribution >= 4 is 11.6 Å². The topological polar surface area (TPSA) is 58.0 Å². The minimum atomic E-state index is 0.421. The van der Waals surface area contributed by atoms with Crippen LogP contribution in [0.1, 0.15) is 68.4 Å². The minimum Gasteiger partial charge on any atom is -0.357 e. The lowest BCUT2D eigenvalue weighted by molar-refractivity contribution is 0.495. The number of rotatable bonds is 4. The van der Waals surface area contributed by atoms with E-state index in [9.17, 15) is 0 Å². The van der Waals surface area contributed by atoms with E-state index in [2.05, 4.69) is 39.7 Å². The molecule has 2 aliphatic heterocycles. The predicted molar refractivity (Wildman–Crippen MR) is 109 cm³/mol. The first-order valence-electron chi connectivity index (χ1n) is 10.3. The molecule has 0 radical (unpaired) electrons. The molecule has 2 fully saturated rings.